The molecule has 27 heavy (non-hydrogen) atoms. The number of carbonyl (C=O) groups is 2. The van der Waals surface area contributed by atoms with Crippen LogP contribution in [-0.4, -0.2) is 36.5 Å². The highest BCUT2D eigenvalue weighted by molar-refractivity contribution is 5.94. The Balaban J connectivity index is 1.55. The number of hydrogen-bond donors (Lipinski definition) is 1. The maximum Gasteiger partial charge on any atom is 0.338 e. The summed E-state index contributed by atoms with van der Waals surface area (Å²) >= 11 is 0. The Morgan fingerprint density at radius 3 is 2.56 bits per heavy atom. The summed E-state index contributed by atoms with van der Waals surface area (Å²) in [5.74, 6) is -0.331. The summed E-state index contributed by atoms with van der Waals surface area (Å²) in [5, 5.41) is 2.98. The van der Waals surface area contributed by atoms with Gasteiger partial charge in [-0.05, 0) is 56.1 Å². The van der Waals surface area contributed by atoms with Crippen LogP contribution in [0.1, 0.15) is 35.7 Å². The van der Waals surface area contributed by atoms with Gasteiger partial charge in [0, 0.05) is 18.8 Å². The normalized spacial score (nSPS) is 17.3. The van der Waals surface area contributed by atoms with Crippen LogP contribution in [0.25, 0.3) is 0 Å². The van der Waals surface area contributed by atoms with Crippen molar-refractivity contribution >= 4 is 17.6 Å². The predicted octanol–water partition coefficient (Wildman–Crippen LogP) is 3.71. The van der Waals surface area contributed by atoms with Crippen LogP contribution in [0.2, 0.25) is 0 Å². The van der Waals surface area contributed by atoms with Crippen LogP contribution in [0, 0.1) is 5.92 Å². The van der Waals surface area contributed by atoms with E-state index < -0.39 is 0 Å². The Hall–Kier alpha value is -2.66. The van der Waals surface area contributed by atoms with E-state index in [1.165, 1.54) is 5.56 Å². The molecule has 1 saturated heterocycles. The molecule has 3 rings (SSSR count). The van der Waals surface area contributed by atoms with E-state index in [4.69, 9.17) is 4.74 Å². The van der Waals surface area contributed by atoms with Crippen molar-refractivity contribution in [3.8, 4) is 0 Å². The highest BCUT2D eigenvalue weighted by Crippen LogP contribution is 2.21. The number of nitrogens with one attached hydrogen (secondary N) is 1. The largest absolute Gasteiger partial charge is 0.462 e. The molecule has 0 unspecified atom stereocenters. The molecule has 5 nitrogen and oxygen atoms in total. The van der Waals surface area contributed by atoms with Crippen LogP contribution in [0.5, 0.6) is 0 Å². The number of hydrogen-bond acceptors (Lipinski definition) is 4. The first-order chi connectivity index (χ1) is 13.2. The van der Waals surface area contributed by atoms with E-state index in [0.717, 1.165) is 32.5 Å². The first-order valence-corrected chi connectivity index (χ1v) is 9.50. The number of nitrogens with zero attached hydrogens (tertiary/aromatic N) is 1. The van der Waals surface area contributed by atoms with E-state index in [1.54, 1.807) is 31.2 Å². The van der Waals surface area contributed by atoms with Crippen molar-refractivity contribution in [1.82, 2.24) is 4.90 Å². The van der Waals surface area contributed by atoms with Gasteiger partial charge in [-0.15, -0.1) is 0 Å². The average molecular weight is 366 g/mol. The van der Waals surface area contributed by atoms with Crippen LogP contribution in [0.4, 0.5) is 5.69 Å². The lowest BCUT2D eigenvalue weighted by molar-refractivity contribution is -0.121. The Labute approximate surface area is 160 Å². The van der Waals surface area contributed by atoms with Crippen molar-refractivity contribution in [2.45, 2.75) is 26.3 Å². The quantitative estimate of drug-likeness (QED) is 0.792. The molecule has 1 amide bonds. The number of esters is 1. The molecular weight excluding hydrogens is 340 g/mol. The van der Waals surface area contributed by atoms with E-state index in [0.29, 0.717) is 17.9 Å². The summed E-state index contributed by atoms with van der Waals surface area (Å²) in [4.78, 5) is 26.7. The number of likely N-dealkylation sites (tertiary alicyclic amines) is 1. The molecule has 0 saturated carbocycles. The van der Waals surface area contributed by atoms with Gasteiger partial charge < -0.3 is 10.1 Å². The molecule has 0 bridgehead atoms. The second-order valence-electron chi connectivity index (χ2n) is 6.85. The van der Waals surface area contributed by atoms with Gasteiger partial charge in [0.2, 0.25) is 5.91 Å². The number of carbonyl (C=O) groups excluding carboxylic acids is 2. The fourth-order valence-corrected chi connectivity index (χ4v) is 3.40. The second kappa shape index (κ2) is 9.33. The fraction of sp³-hybridized carbons (Fsp3) is 0.364. The molecule has 5 heteroatoms. The minimum Gasteiger partial charge on any atom is -0.462 e. The Bertz CT molecular complexity index is 759. The minimum absolute atomic E-state index is 0.0211. The van der Waals surface area contributed by atoms with E-state index in [1.807, 2.05) is 18.2 Å². The number of benzene rings is 2. The van der Waals surface area contributed by atoms with Crippen LogP contribution >= 0.6 is 0 Å². The lowest BCUT2D eigenvalue weighted by Gasteiger charge is -2.32. The van der Waals surface area contributed by atoms with Gasteiger partial charge in [0.15, 0.2) is 0 Å². The van der Waals surface area contributed by atoms with Gasteiger partial charge in [-0.1, -0.05) is 30.3 Å². The summed E-state index contributed by atoms with van der Waals surface area (Å²) in [6.45, 7) is 4.78. The maximum absolute atomic E-state index is 12.7. The summed E-state index contributed by atoms with van der Waals surface area (Å²) in [7, 11) is 0. The van der Waals surface area contributed by atoms with E-state index in [9.17, 15) is 9.59 Å². The molecule has 1 N–H and O–H groups in total. The lowest BCUT2D eigenvalue weighted by atomic mass is 9.96. The number of amides is 1. The second-order valence-corrected chi connectivity index (χ2v) is 6.85. The zero-order chi connectivity index (χ0) is 19.1. The van der Waals surface area contributed by atoms with Crippen LogP contribution in [-0.2, 0) is 16.1 Å². The average Bonchev–Trinajstić information content (AvgIpc) is 2.70. The molecule has 1 aliphatic rings. The van der Waals surface area contributed by atoms with Crippen molar-refractivity contribution in [3.63, 3.8) is 0 Å². The monoisotopic (exact) mass is 366 g/mol. The van der Waals surface area contributed by atoms with E-state index in [-0.39, 0.29) is 17.8 Å². The van der Waals surface area contributed by atoms with Crippen LogP contribution in [0.3, 0.4) is 0 Å². The molecule has 2 aromatic rings. The molecule has 0 aromatic heterocycles. The zero-order valence-corrected chi connectivity index (χ0v) is 15.7. The summed E-state index contributed by atoms with van der Waals surface area (Å²) < 4.78 is 4.97. The van der Waals surface area contributed by atoms with Crippen LogP contribution in [0.15, 0.2) is 54.6 Å². The molecule has 1 heterocycles. The molecule has 1 fully saturated rings. The Kier molecular flexibility index (Phi) is 6.60. The molecule has 0 aliphatic carbocycles. The highest BCUT2D eigenvalue weighted by atomic mass is 16.5. The number of ether oxygens (including phenoxy) is 1. The molecule has 1 atom stereocenters. The molecule has 142 valence electrons. The van der Waals surface area contributed by atoms with Crippen LogP contribution < -0.4 is 5.32 Å². The fourth-order valence-electron chi connectivity index (χ4n) is 3.40. The van der Waals surface area contributed by atoms with E-state index in [2.05, 4.69) is 22.3 Å². The van der Waals surface area contributed by atoms with Gasteiger partial charge in [-0.2, -0.15) is 0 Å². The maximum atomic E-state index is 12.7. The summed E-state index contributed by atoms with van der Waals surface area (Å²) in [6, 6.07) is 17.2. The van der Waals surface area contributed by atoms with Crippen molar-refractivity contribution in [2.24, 2.45) is 5.92 Å². The Morgan fingerprint density at radius 2 is 1.85 bits per heavy atom. The molecule has 2 aromatic carbocycles. The van der Waals surface area contributed by atoms with Crippen molar-refractivity contribution < 1.29 is 14.3 Å². The first-order valence-electron chi connectivity index (χ1n) is 9.50. The molecule has 0 radical (unpaired) electrons. The number of piperidine rings is 1. The SMILES string of the molecule is CCOC(=O)c1ccc(NC(=O)[C@H]2CCCN(Cc3ccccc3)C2)cc1. The number of rotatable bonds is 6. The van der Waals surface area contributed by atoms with Gasteiger partial charge in [0.1, 0.15) is 0 Å². The third-order valence-electron chi connectivity index (χ3n) is 4.79. The lowest BCUT2D eigenvalue weighted by Crippen LogP contribution is -2.40. The topological polar surface area (TPSA) is 58.6 Å². The molecular formula is C22H26N2O3. The van der Waals surface area contributed by atoms with E-state index >= 15 is 0 Å². The van der Waals surface area contributed by atoms with Crippen molar-refractivity contribution in [1.29, 1.82) is 0 Å². The Morgan fingerprint density at radius 1 is 1.11 bits per heavy atom. The molecule has 1 aliphatic heterocycles. The van der Waals surface area contributed by atoms with Gasteiger partial charge in [-0.25, -0.2) is 4.79 Å². The summed E-state index contributed by atoms with van der Waals surface area (Å²) in [5.41, 5.74) is 2.46. The van der Waals surface area contributed by atoms with Crippen molar-refractivity contribution in [3.05, 3.63) is 65.7 Å². The smallest absolute Gasteiger partial charge is 0.338 e. The van der Waals surface area contributed by atoms with Gasteiger partial charge in [0.25, 0.3) is 0 Å². The third kappa shape index (κ3) is 5.41. The number of anilines is 1. The van der Waals surface area contributed by atoms with Gasteiger partial charge in [-0.3, -0.25) is 9.69 Å². The zero-order valence-electron chi connectivity index (χ0n) is 15.7. The van der Waals surface area contributed by atoms with Gasteiger partial charge >= 0.3 is 5.97 Å². The summed E-state index contributed by atoms with van der Waals surface area (Å²) in [6.07, 6.45) is 1.92. The third-order valence-corrected chi connectivity index (χ3v) is 4.79. The molecule has 0 spiro atoms. The first kappa shape index (κ1) is 19.1. The minimum atomic E-state index is -0.348. The van der Waals surface area contributed by atoms with Gasteiger partial charge in [0.05, 0.1) is 18.1 Å². The predicted molar refractivity (Wildman–Crippen MR) is 105 cm³/mol. The van der Waals surface area contributed by atoms with Crippen molar-refractivity contribution in [2.75, 3.05) is 25.0 Å². The highest BCUT2D eigenvalue weighted by Gasteiger charge is 2.25. The standard InChI is InChI=1S/C22H26N2O3/c1-2-27-22(26)18-10-12-20(13-11-18)23-21(25)19-9-6-14-24(16-19)15-17-7-4-3-5-8-17/h3-5,7-8,10-13,19H,2,6,9,14-16H2,1H3,(H,23,25)/t19-/m0/s1.